The van der Waals surface area contributed by atoms with Gasteiger partial charge >= 0.3 is 0 Å². The van der Waals surface area contributed by atoms with Crippen LogP contribution in [0.5, 0.6) is 0 Å². The van der Waals surface area contributed by atoms with Crippen LogP contribution < -0.4 is 10.6 Å². The van der Waals surface area contributed by atoms with Crippen LogP contribution in [0.25, 0.3) is 11.3 Å². The minimum absolute atomic E-state index is 0.0271. The summed E-state index contributed by atoms with van der Waals surface area (Å²) in [5, 5.41) is 6.03. The Kier molecular flexibility index (Phi) is 5.84. The van der Waals surface area contributed by atoms with Crippen LogP contribution in [-0.2, 0) is 16.0 Å². The predicted molar refractivity (Wildman–Crippen MR) is 110 cm³/mol. The second-order valence-corrected chi connectivity index (χ2v) is 7.76. The molecule has 144 valence electrons. The lowest BCUT2D eigenvalue weighted by Crippen LogP contribution is -2.15. The first-order chi connectivity index (χ1) is 13.3. The molecule has 5 nitrogen and oxygen atoms in total. The molecule has 0 spiro atoms. The Morgan fingerprint density at radius 2 is 1.79 bits per heavy atom. The molecule has 0 aliphatic rings. The SMILES string of the molecule is CC(=O)Nc1cc(NC(=O)Cc2sc(C)nc2-c2ccc(C)cc2)ccc1F. The van der Waals surface area contributed by atoms with Crippen molar-refractivity contribution >= 4 is 34.5 Å². The van der Waals surface area contributed by atoms with Gasteiger partial charge in [0.05, 0.1) is 22.8 Å². The molecule has 7 heteroatoms. The molecule has 0 radical (unpaired) electrons. The van der Waals surface area contributed by atoms with Crippen molar-refractivity contribution < 1.29 is 14.0 Å². The van der Waals surface area contributed by atoms with Gasteiger partial charge in [0.15, 0.2) is 0 Å². The number of hydrogen-bond acceptors (Lipinski definition) is 4. The Bertz CT molecular complexity index is 1030. The maximum Gasteiger partial charge on any atom is 0.229 e. The molecular formula is C21H20FN3O2S. The molecule has 3 rings (SSSR count). The van der Waals surface area contributed by atoms with Gasteiger partial charge in [-0.05, 0) is 32.0 Å². The number of halogens is 1. The van der Waals surface area contributed by atoms with Crippen LogP contribution in [0, 0.1) is 19.7 Å². The summed E-state index contributed by atoms with van der Waals surface area (Å²) in [6.45, 7) is 5.22. The summed E-state index contributed by atoms with van der Waals surface area (Å²) >= 11 is 1.48. The number of hydrogen-bond donors (Lipinski definition) is 2. The fourth-order valence-corrected chi connectivity index (χ4v) is 3.72. The Balaban J connectivity index is 1.77. The highest BCUT2D eigenvalue weighted by molar-refractivity contribution is 7.12. The molecular weight excluding hydrogens is 377 g/mol. The summed E-state index contributed by atoms with van der Waals surface area (Å²) in [6.07, 6.45) is 0.154. The number of nitrogens with zero attached hydrogens (tertiary/aromatic N) is 1. The molecule has 0 unspecified atom stereocenters. The van der Waals surface area contributed by atoms with Crippen molar-refractivity contribution in [2.24, 2.45) is 0 Å². The molecule has 0 bridgehead atoms. The zero-order chi connectivity index (χ0) is 20.3. The van der Waals surface area contributed by atoms with E-state index in [9.17, 15) is 14.0 Å². The number of aromatic nitrogens is 1. The molecule has 0 fully saturated rings. The van der Waals surface area contributed by atoms with Gasteiger partial charge in [-0.25, -0.2) is 9.37 Å². The van der Waals surface area contributed by atoms with E-state index in [0.717, 1.165) is 26.7 Å². The molecule has 1 heterocycles. The minimum Gasteiger partial charge on any atom is -0.326 e. The van der Waals surface area contributed by atoms with Gasteiger partial charge in [0.25, 0.3) is 0 Å². The van der Waals surface area contributed by atoms with Gasteiger partial charge in [-0.2, -0.15) is 0 Å². The molecule has 2 amide bonds. The Morgan fingerprint density at radius 3 is 2.46 bits per heavy atom. The fraction of sp³-hybridized carbons (Fsp3) is 0.190. The third-order valence-electron chi connectivity index (χ3n) is 4.01. The van der Waals surface area contributed by atoms with Crippen LogP contribution in [0.15, 0.2) is 42.5 Å². The highest BCUT2D eigenvalue weighted by Gasteiger charge is 2.15. The third kappa shape index (κ3) is 4.80. The first-order valence-corrected chi connectivity index (χ1v) is 9.54. The van der Waals surface area contributed by atoms with E-state index in [2.05, 4.69) is 15.6 Å². The van der Waals surface area contributed by atoms with Crippen LogP contribution in [0.4, 0.5) is 15.8 Å². The topological polar surface area (TPSA) is 71.1 Å². The van der Waals surface area contributed by atoms with E-state index < -0.39 is 5.82 Å². The highest BCUT2D eigenvalue weighted by Crippen LogP contribution is 2.29. The second kappa shape index (κ2) is 8.31. The molecule has 3 aromatic rings. The number of carbonyl (C=O) groups excluding carboxylic acids is 2. The number of aryl methyl sites for hydroxylation is 2. The normalized spacial score (nSPS) is 10.6. The molecule has 0 aliphatic heterocycles. The number of nitrogens with one attached hydrogen (secondary N) is 2. The fourth-order valence-electron chi connectivity index (χ4n) is 2.77. The summed E-state index contributed by atoms with van der Waals surface area (Å²) in [6, 6.07) is 12.1. The van der Waals surface area contributed by atoms with Gasteiger partial charge < -0.3 is 10.6 Å². The molecule has 28 heavy (non-hydrogen) atoms. The van der Waals surface area contributed by atoms with Crippen molar-refractivity contribution in [2.45, 2.75) is 27.2 Å². The van der Waals surface area contributed by atoms with Crippen molar-refractivity contribution in [3.05, 3.63) is 63.7 Å². The van der Waals surface area contributed by atoms with Crippen molar-refractivity contribution in [2.75, 3.05) is 10.6 Å². The monoisotopic (exact) mass is 397 g/mol. The lowest BCUT2D eigenvalue weighted by atomic mass is 10.1. The molecule has 0 atom stereocenters. The lowest BCUT2D eigenvalue weighted by Gasteiger charge is -2.09. The quantitative estimate of drug-likeness (QED) is 0.655. The lowest BCUT2D eigenvalue weighted by molar-refractivity contribution is -0.115. The smallest absolute Gasteiger partial charge is 0.229 e. The zero-order valence-corrected chi connectivity index (χ0v) is 16.6. The van der Waals surface area contributed by atoms with E-state index in [1.165, 1.54) is 36.5 Å². The van der Waals surface area contributed by atoms with Gasteiger partial charge in [-0.3, -0.25) is 9.59 Å². The Hall–Kier alpha value is -3.06. The number of anilines is 2. The van der Waals surface area contributed by atoms with Crippen LogP contribution in [0.3, 0.4) is 0 Å². The van der Waals surface area contributed by atoms with E-state index in [1.54, 1.807) is 0 Å². The van der Waals surface area contributed by atoms with Crippen LogP contribution in [0.2, 0.25) is 0 Å². The van der Waals surface area contributed by atoms with Gasteiger partial charge in [-0.1, -0.05) is 29.8 Å². The molecule has 0 aliphatic carbocycles. The van der Waals surface area contributed by atoms with Crippen LogP contribution in [-0.4, -0.2) is 16.8 Å². The minimum atomic E-state index is -0.562. The number of benzene rings is 2. The Morgan fingerprint density at radius 1 is 1.07 bits per heavy atom. The standard InChI is InChI=1S/C21H20FN3O2S/c1-12-4-6-15(7-5-12)21-19(28-14(3)24-21)11-20(27)25-16-8-9-17(22)18(10-16)23-13(2)26/h4-10H,11H2,1-3H3,(H,23,26)(H,25,27). The summed E-state index contributed by atoms with van der Waals surface area (Å²) in [4.78, 5) is 29.1. The largest absolute Gasteiger partial charge is 0.326 e. The second-order valence-electron chi connectivity index (χ2n) is 6.47. The summed E-state index contributed by atoms with van der Waals surface area (Å²) in [5.74, 6) is -1.18. The van der Waals surface area contributed by atoms with Gasteiger partial charge in [-0.15, -0.1) is 11.3 Å². The van der Waals surface area contributed by atoms with Crippen molar-refractivity contribution in [1.82, 2.24) is 4.98 Å². The molecule has 2 N–H and O–H groups in total. The third-order valence-corrected chi connectivity index (χ3v) is 4.98. The summed E-state index contributed by atoms with van der Waals surface area (Å²) in [7, 11) is 0. The number of thiazole rings is 1. The van der Waals surface area contributed by atoms with Gasteiger partial charge in [0.2, 0.25) is 11.8 Å². The average Bonchev–Trinajstić information content (AvgIpc) is 2.98. The van der Waals surface area contributed by atoms with Crippen molar-refractivity contribution in [1.29, 1.82) is 0 Å². The van der Waals surface area contributed by atoms with E-state index >= 15 is 0 Å². The summed E-state index contributed by atoms with van der Waals surface area (Å²) in [5.41, 5.74) is 3.36. The maximum atomic E-state index is 13.8. The van der Waals surface area contributed by atoms with E-state index in [4.69, 9.17) is 0 Å². The van der Waals surface area contributed by atoms with E-state index in [0.29, 0.717) is 5.69 Å². The Labute approximate surface area is 166 Å². The van der Waals surface area contributed by atoms with Gasteiger partial charge in [0.1, 0.15) is 5.82 Å². The van der Waals surface area contributed by atoms with Gasteiger partial charge in [0, 0.05) is 23.1 Å². The number of carbonyl (C=O) groups is 2. The predicted octanol–water partition coefficient (Wildman–Crippen LogP) is 4.71. The van der Waals surface area contributed by atoms with Crippen molar-refractivity contribution in [3.8, 4) is 11.3 Å². The highest BCUT2D eigenvalue weighted by atomic mass is 32.1. The van der Waals surface area contributed by atoms with Crippen LogP contribution in [0.1, 0.15) is 22.4 Å². The summed E-state index contributed by atoms with van der Waals surface area (Å²) < 4.78 is 13.8. The first kappa shape index (κ1) is 19.7. The zero-order valence-electron chi connectivity index (χ0n) is 15.8. The first-order valence-electron chi connectivity index (χ1n) is 8.72. The van der Waals surface area contributed by atoms with E-state index in [1.807, 2.05) is 38.1 Å². The average molecular weight is 397 g/mol. The molecule has 1 aromatic heterocycles. The number of rotatable bonds is 5. The molecule has 2 aromatic carbocycles. The number of amides is 2. The molecule has 0 saturated carbocycles. The molecule has 0 saturated heterocycles. The van der Waals surface area contributed by atoms with E-state index in [-0.39, 0.29) is 23.9 Å². The van der Waals surface area contributed by atoms with Crippen LogP contribution >= 0.6 is 11.3 Å². The maximum absolute atomic E-state index is 13.8. The van der Waals surface area contributed by atoms with Crippen molar-refractivity contribution in [3.63, 3.8) is 0 Å².